The fourth-order valence-electron chi connectivity index (χ4n) is 3.10. The molecule has 1 aliphatic rings. The number of thiophene rings is 1. The first-order chi connectivity index (χ1) is 14.0. The largest absolute Gasteiger partial charge is 0.496 e. The number of aromatic nitrogens is 1. The minimum absolute atomic E-state index is 0.205. The third-order valence-electron chi connectivity index (χ3n) is 4.57. The molecular weight excluding hydrogens is 412 g/mol. The number of amides is 1. The summed E-state index contributed by atoms with van der Waals surface area (Å²) in [5, 5.41) is 6.93. The van der Waals surface area contributed by atoms with Gasteiger partial charge >= 0.3 is 0 Å². The highest BCUT2D eigenvalue weighted by molar-refractivity contribution is 7.17. The Morgan fingerprint density at radius 1 is 1.34 bits per heavy atom. The number of amidine groups is 1. The number of carbonyl (C=O) groups excluding carboxylic acids is 1. The molecule has 9 heteroatoms. The maximum Gasteiger partial charge on any atom is 0.261 e. The summed E-state index contributed by atoms with van der Waals surface area (Å²) in [6.45, 7) is 1.94. The second-order valence-corrected chi connectivity index (χ2v) is 8.22. The van der Waals surface area contributed by atoms with E-state index in [2.05, 4.69) is 20.4 Å². The number of aliphatic imine (C=N–C) groups is 1. The molecule has 0 atom stereocenters. The molecule has 2 aromatic heterocycles. The predicted octanol–water partition coefficient (Wildman–Crippen LogP) is 3.69. The van der Waals surface area contributed by atoms with E-state index in [9.17, 15) is 4.79 Å². The van der Waals surface area contributed by atoms with Crippen LogP contribution in [-0.2, 0) is 6.54 Å². The summed E-state index contributed by atoms with van der Waals surface area (Å²) in [7, 11) is 3.64. The minimum atomic E-state index is -0.205. The van der Waals surface area contributed by atoms with Crippen LogP contribution >= 0.6 is 22.9 Å². The molecule has 1 aliphatic heterocycles. The molecule has 0 spiro atoms. The molecule has 7 nitrogen and oxygen atoms in total. The standard InChI is InChI=1S/C20H19ClN4O3S/c1-25-8-7-22-19(25)12-3-4-14(16(9-12)27-2)15-10-13(28-24-15)11-23-20(26)17-5-6-18(21)29-17/h3-6,9-10H,7-8,11H2,1-2H3,(H,23,26). The van der Waals surface area contributed by atoms with Gasteiger partial charge in [0, 0.05) is 30.8 Å². The van der Waals surface area contributed by atoms with Crippen molar-refractivity contribution in [3.63, 3.8) is 0 Å². The average Bonchev–Trinajstić information content (AvgIpc) is 3.47. The topological polar surface area (TPSA) is 80.0 Å². The number of likely N-dealkylation sites (N-methyl/N-ethyl adjacent to an activating group) is 1. The molecular formula is C20H19ClN4O3S. The molecule has 0 aliphatic carbocycles. The van der Waals surface area contributed by atoms with Crippen molar-refractivity contribution in [2.45, 2.75) is 6.54 Å². The van der Waals surface area contributed by atoms with Crippen molar-refractivity contribution >= 4 is 34.7 Å². The number of hydrogen-bond acceptors (Lipinski definition) is 7. The highest BCUT2D eigenvalue weighted by atomic mass is 35.5. The van der Waals surface area contributed by atoms with Gasteiger partial charge in [-0.05, 0) is 24.3 Å². The van der Waals surface area contributed by atoms with Crippen LogP contribution in [-0.4, -0.2) is 49.0 Å². The minimum Gasteiger partial charge on any atom is -0.496 e. The molecule has 1 aromatic carbocycles. The first kappa shape index (κ1) is 19.5. The lowest BCUT2D eigenvalue weighted by molar-refractivity contribution is 0.0951. The van der Waals surface area contributed by atoms with Crippen LogP contribution < -0.4 is 10.1 Å². The summed E-state index contributed by atoms with van der Waals surface area (Å²) in [6.07, 6.45) is 0. The van der Waals surface area contributed by atoms with Crippen LogP contribution in [0.25, 0.3) is 11.3 Å². The van der Waals surface area contributed by atoms with Gasteiger partial charge in [-0.1, -0.05) is 22.8 Å². The fraction of sp³-hybridized carbons (Fsp3) is 0.250. The Morgan fingerprint density at radius 3 is 2.90 bits per heavy atom. The van der Waals surface area contributed by atoms with E-state index in [0.717, 1.165) is 30.1 Å². The van der Waals surface area contributed by atoms with Gasteiger partial charge < -0.3 is 19.5 Å². The molecule has 1 N–H and O–H groups in total. The Labute approximate surface area is 176 Å². The molecule has 0 radical (unpaired) electrons. The Morgan fingerprint density at radius 2 is 2.21 bits per heavy atom. The van der Waals surface area contributed by atoms with E-state index >= 15 is 0 Å². The highest BCUT2D eigenvalue weighted by Crippen LogP contribution is 2.31. The number of hydrogen-bond donors (Lipinski definition) is 1. The fourth-order valence-corrected chi connectivity index (χ4v) is 4.06. The third-order valence-corrected chi connectivity index (χ3v) is 5.80. The summed E-state index contributed by atoms with van der Waals surface area (Å²) >= 11 is 7.10. The van der Waals surface area contributed by atoms with Crippen LogP contribution in [0.2, 0.25) is 4.34 Å². The number of carbonyl (C=O) groups is 1. The van der Waals surface area contributed by atoms with Crippen LogP contribution in [0.5, 0.6) is 5.75 Å². The van der Waals surface area contributed by atoms with E-state index in [4.69, 9.17) is 20.9 Å². The molecule has 0 saturated heterocycles. The Hall–Kier alpha value is -2.84. The zero-order valence-corrected chi connectivity index (χ0v) is 17.5. The van der Waals surface area contributed by atoms with Crippen molar-refractivity contribution in [1.82, 2.24) is 15.4 Å². The summed E-state index contributed by atoms with van der Waals surface area (Å²) in [4.78, 5) is 19.3. The van der Waals surface area contributed by atoms with Crippen molar-refractivity contribution in [3.05, 3.63) is 56.9 Å². The van der Waals surface area contributed by atoms with Crippen LogP contribution in [0.3, 0.4) is 0 Å². The molecule has 0 unspecified atom stereocenters. The quantitative estimate of drug-likeness (QED) is 0.645. The first-order valence-corrected chi connectivity index (χ1v) is 10.2. The molecule has 0 bridgehead atoms. The molecule has 0 fully saturated rings. The molecule has 4 rings (SSSR count). The van der Waals surface area contributed by atoms with E-state index in [1.807, 2.05) is 25.2 Å². The molecule has 29 heavy (non-hydrogen) atoms. The second kappa shape index (κ2) is 8.26. The number of nitrogens with one attached hydrogen (secondary N) is 1. The van der Waals surface area contributed by atoms with Crippen molar-refractivity contribution in [1.29, 1.82) is 0 Å². The van der Waals surface area contributed by atoms with Gasteiger partial charge in [0.05, 0.1) is 29.4 Å². The summed E-state index contributed by atoms with van der Waals surface area (Å²) in [5.41, 5.74) is 2.44. The van der Waals surface area contributed by atoms with Gasteiger partial charge in [-0.3, -0.25) is 9.79 Å². The van der Waals surface area contributed by atoms with Gasteiger partial charge in [-0.15, -0.1) is 11.3 Å². The summed E-state index contributed by atoms with van der Waals surface area (Å²) in [5.74, 6) is 1.97. The number of halogens is 1. The lowest BCUT2D eigenvalue weighted by Crippen LogP contribution is -2.23. The van der Waals surface area contributed by atoms with E-state index in [1.54, 1.807) is 25.3 Å². The van der Waals surface area contributed by atoms with E-state index in [0.29, 0.717) is 26.4 Å². The SMILES string of the molecule is COc1cc(C2=NCCN2C)ccc1-c1cc(CNC(=O)c2ccc(Cl)s2)on1. The van der Waals surface area contributed by atoms with Crippen LogP contribution in [0.4, 0.5) is 0 Å². The lowest BCUT2D eigenvalue weighted by atomic mass is 10.1. The summed E-state index contributed by atoms with van der Waals surface area (Å²) < 4.78 is 11.5. The number of nitrogens with zero attached hydrogens (tertiary/aromatic N) is 3. The van der Waals surface area contributed by atoms with Gasteiger partial charge in [-0.25, -0.2) is 0 Å². The Kier molecular flexibility index (Phi) is 5.55. The van der Waals surface area contributed by atoms with Gasteiger partial charge in [0.1, 0.15) is 17.3 Å². The molecule has 3 aromatic rings. The number of ether oxygens (including phenoxy) is 1. The lowest BCUT2D eigenvalue weighted by Gasteiger charge is -2.15. The molecule has 150 valence electrons. The van der Waals surface area contributed by atoms with Crippen LogP contribution in [0.15, 0.2) is 45.9 Å². The van der Waals surface area contributed by atoms with Crippen molar-refractivity contribution in [2.24, 2.45) is 4.99 Å². The Bertz CT molecular complexity index is 1080. The number of benzene rings is 1. The highest BCUT2D eigenvalue weighted by Gasteiger charge is 2.18. The van der Waals surface area contributed by atoms with Crippen LogP contribution in [0.1, 0.15) is 21.0 Å². The van der Waals surface area contributed by atoms with Gasteiger partial charge in [0.2, 0.25) is 0 Å². The van der Waals surface area contributed by atoms with Crippen LogP contribution in [0, 0.1) is 0 Å². The molecule has 0 saturated carbocycles. The van der Waals surface area contributed by atoms with Crippen molar-refractivity contribution in [3.8, 4) is 17.0 Å². The zero-order chi connectivity index (χ0) is 20.4. The van der Waals surface area contributed by atoms with E-state index < -0.39 is 0 Å². The number of rotatable bonds is 6. The average molecular weight is 431 g/mol. The second-order valence-electron chi connectivity index (χ2n) is 6.51. The predicted molar refractivity (Wildman–Crippen MR) is 113 cm³/mol. The maximum absolute atomic E-state index is 12.1. The van der Waals surface area contributed by atoms with Crippen molar-refractivity contribution < 1.29 is 14.1 Å². The van der Waals surface area contributed by atoms with E-state index in [-0.39, 0.29) is 12.5 Å². The monoisotopic (exact) mass is 430 g/mol. The molecule has 3 heterocycles. The smallest absolute Gasteiger partial charge is 0.261 e. The third kappa shape index (κ3) is 4.13. The normalized spacial score (nSPS) is 13.5. The van der Waals surface area contributed by atoms with Gasteiger partial charge in [0.25, 0.3) is 5.91 Å². The van der Waals surface area contributed by atoms with Gasteiger partial charge in [0.15, 0.2) is 5.76 Å². The first-order valence-electron chi connectivity index (χ1n) is 8.98. The number of methoxy groups -OCH3 is 1. The zero-order valence-electron chi connectivity index (χ0n) is 15.9. The van der Waals surface area contributed by atoms with Gasteiger partial charge in [-0.2, -0.15) is 0 Å². The molecule has 1 amide bonds. The summed E-state index contributed by atoms with van der Waals surface area (Å²) in [6, 6.07) is 11.1. The van der Waals surface area contributed by atoms with E-state index in [1.165, 1.54) is 11.3 Å². The Balaban J connectivity index is 1.49. The maximum atomic E-state index is 12.1. The van der Waals surface area contributed by atoms with Crippen molar-refractivity contribution in [2.75, 3.05) is 27.2 Å².